The van der Waals surface area contributed by atoms with Gasteiger partial charge < -0.3 is 16.0 Å². The monoisotopic (exact) mass is 507 g/mol. The molecule has 0 bridgehead atoms. The van der Waals surface area contributed by atoms with Crippen LogP contribution in [0, 0.1) is 0 Å². The minimum atomic E-state index is -0.380. The molecule has 0 saturated carbocycles. The number of carbonyl (C=O) groups is 1. The van der Waals surface area contributed by atoms with Crippen molar-refractivity contribution >= 4 is 34.8 Å². The van der Waals surface area contributed by atoms with E-state index in [1.54, 1.807) is 6.07 Å². The summed E-state index contributed by atoms with van der Waals surface area (Å²) in [5.74, 6) is -0.227. The molecule has 1 saturated heterocycles. The first-order chi connectivity index (χ1) is 17.0. The molecule has 1 aliphatic heterocycles. The molecule has 2 aliphatic rings. The highest BCUT2D eigenvalue weighted by Gasteiger charge is 2.37. The van der Waals surface area contributed by atoms with Crippen LogP contribution < -0.4 is 16.0 Å². The van der Waals surface area contributed by atoms with Crippen LogP contribution >= 0.6 is 23.2 Å². The lowest BCUT2D eigenvalue weighted by Crippen LogP contribution is -2.44. The van der Waals surface area contributed by atoms with Crippen molar-refractivity contribution in [3.05, 3.63) is 74.8 Å². The fraction of sp³-hybridized carbons (Fsp3) is 0.345. The molecule has 6 heteroatoms. The van der Waals surface area contributed by atoms with Crippen LogP contribution in [0.1, 0.15) is 59.7 Å². The second kappa shape index (κ2) is 9.85. The number of unbranched alkanes of at least 4 members (excludes halogenated alkanes) is 1. The Morgan fingerprint density at radius 2 is 1.77 bits per heavy atom. The Balaban J connectivity index is 1.97. The number of primary amides is 1. The van der Waals surface area contributed by atoms with Crippen molar-refractivity contribution in [2.45, 2.75) is 39.0 Å². The highest BCUT2D eigenvalue weighted by atomic mass is 35.5. The standard InChI is InChI=1S/C29H31Cl2N3O/c1-3-4-8-20-23-17(2)18-9-5-6-10-19(18)24(23)25(21-11-7-12-22(30)27(21)31)28(26(20)29(32)35)34-15-13-33-14-16-34/h5-7,9-12,17,33H,3-4,8,13-16H2,1-2H3,(H2,32,35). The molecule has 3 aromatic rings. The minimum Gasteiger partial charge on any atom is -0.368 e. The lowest BCUT2D eigenvalue weighted by atomic mass is 9.82. The van der Waals surface area contributed by atoms with E-state index in [9.17, 15) is 4.79 Å². The Labute approximate surface area is 217 Å². The van der Waals surface area contributed by atoms with Gasteiger partial charge in [-0.3, -0.25) is 4.79 Å². The van der Waals surface area contributed by atoms with Crippen molar-refractivity contribution < 1.29 is 4.79 Å². The van der Waals surface area contributed by atoms with E-state index in [-0.39, 0.29) is 11.8 Å². The molecule has 4 nitrogen and oxygen atoms in total. The highest BCUT2D eigenvalue weighted by Crippen LogP contribution is 2.56. The van der Waals surface area contributed by atoms with E-state index < -0.39 is 0 Å². The molecule has 1 aliphatic carbocycles. The summed E-state index contributed by atoms with van der Waals surface area (Å²) in [7, 11) is 0. The summed E-state index contributed by atoms with van der Waals surface area (Å²) in [6.07, 6.45) is 2.85. The number of anilines is 1. The SMILES string of the molecule is CCCCc1c(C(N)=O)c(N2CCNCC2)c(-c2cccc(Cl)c2Cl)c2c1C(C)c1ccccc1-2. The number of hydrogen-bond acceptors (Lipinski definition) is 3. The zero-order chi connectivity index (χ0) is 24.7. The first kappa shape index (κ1) is 24.2. The first-order valence-corrected chi connectivity index (χ1v) is 13.2. The molecule has 1 fully saturated rings. The summed E-state index contributed by atoms with van der Waals surface area (Å²) >= 11 is 13.4. The molecule has 3 N–H and O–H groups in total. The number of nitrogens with two attached hydrogens (primary N) is 1. The van der Waals surface area contributed by atoms with E-state index in [2.05, 4.69) is 48.3 Å². The highest BCUT2D eigenvalue weighted by molar-refractivity contribution is 6.44. The van der Waals surface area contributed by atoms with Crippen molar-refractivity contribution in [1.29, 1.82) is 0 Å². The van der Waals surface area contributed by atoms with E-state index in [0.29, 0.717) is 15.6 Å². The van der Waals surface area contributed by atoms with Gasteiger partial charge in [0, 0.05) is 43.2 Å². The molecule has 0 spiro atoms. The van der Waals surface area contributed by atoms with Crippen LogP contribution in [0.3, 0.4) is 0 Å². The summed E-state index contributed by atoms with van der Waals surface area (Å²) in [5, 5.41) is 4.43. The Morgan fingerprint density at radius 1 is 1.06 bits per heavy atom. The van der Waals surface area contributed by atoms with E-state index in [1.165, 1.54) is 22.3 Å². The average Bonchev–Trinajstić information content (AvgIpc) is 3.17. The summed E-state index contributed by atoms with van der Waals surface area (Å²) in [5.41, 5.74) is 15.5. The van der Waals surface area contributed by atoms with Gasteiger partial charge in [0.05, 0.1) is 21.3 Å². The number of nitrogens with zero attached hydrogens (tertiary/aromatic N) is 1. The molecule has 1 unspecified atom stereocenters. The van der Waals surface area contributed by atoms with E-state index in [0.717, 1.165) is 67.8 Å². The maximum absolute atomic E-state index is 13.3. The van der Waals surface area contributed by atoms with Gasteiger partial charge in [-0.15, -0.1) is 0 Å². The average molecular weight is 508 g/mol. The molecule has 5 rings (SSSR count). The summed E-state index contributed by atoms with van der Waals surface area (Å²) < 4.78 is 0. The number of carbonyl (C=O) groups excluding carboxylic acids is 1. The molecular formula is C29H31Cl2N3O. The van der Waals surface area contributed by atoms with Crippen LogP contribution in [-0.4, -0.2) is 32.1 Å². The predicted octanol–water partition coefficient (Wildman–Crippen LogP) is 6.64. The first-order valence-electron chi connectivity index (χ1n) is 12.5. The van der Waals surface area contributed by atoms with Gasteiger partial charge in [-0.2, -0.15) is 0 Å². The number of halogens is 2. The zero-order valence-electron chi connectivity index (χ0n) is 20.3. The van der Waals surface area contributed by atoms with Crippen LogP contribution in [0.2, 0.25) is 10.0 Å². The molecule has 35 heavy (non-hydrogen) atoms. The number of nitrogens with one attached hydrogen (secondary N) is 1. The molecule has 0 radical (unpaired) electrons. The second-order valence-electron chi connectivity index (χ2n) is 9.48. The number of piperazine rings is 1. The van der Waals surface area contributed by atoms with Crippen molar-refractivity contribution in [3.8, 4) is 22.3 Å². The lowest BCUT2D eigenvalue weighted by Gasteiger charge is -2.35. The lowest BCUT2D eigenvalue weighted by molar-refractivity contribution is 0.0999. The number of benzene rings is 3. The van der Waals surface area contributed by atoms with E-state index in [4.69, 9.17) is 28.9 Å². The van der Waals surface area contributed by atoms with Crippen molar-refractivity contribution in [1.82, 2.24) is 5.32 Å². The third-order valence-corrected chi connectivity index (χ3v) is 8.25. The predicted molar refractivity (Wildman–Crippen MR) is 147 cm³/mol. The van der Waals surface area contributed by atoms with Crippen LogP contribution in [0.4, 0.5) is 5.69 Å². The topological polar surface area (TPSA) is 58.4 Å². The van der Waals surface area contributed by atoms with Crippen LogP contribution in [0.5, 0.6) is 0 Å². The Hall–Kier alpha value is -2.53. The minimum absolute atomic E-state index is 0.153. The van der Waals surface area contributed by atoms with Gasteiger partial charge in [-0.05, 0) is 46.7 Å². The third-order valence-electron chi connectivity index (χ3n) is 7.43. The molecule has 3 aromatic carbocycles. The normalized spacial score (nSPS) is 16.8. The smallest absolute Gasteiger partial charge is 0.251 e. The van der Waals surface area contributed by atoms with Crippen molar-refractivity contribution in [3.63, 3.8) is 0 Å². The maximum atomic E-state index is 13.3. The van der Waals surface area contributed by atoms with Gasteiger partial charge in [0.25, 0.3) is 5.91 Å². The molecule has 0 aromatic heterocycles. The number of amides is 1. The Kier molecular flexibility index (Phi) is 6.80. The van der Waals surface area contributed by atoms with E-state index in [1.807, 2.05) is 12.1 Å². The third kappa shape index (κ3) is 4.02. The zero-order valence-corrected chi connectivity index (χ0v) is 21.8. The number of fused-ring (bicyclic) bond motifs is 3. The largest absolute Gasteiger partial charge is 0.368 e. The fourth-order valence-electron chi connectivity index (χ4n) is 5.86. The fourth-order valence-corrected chi connectivity index (χ4v) is 6.26. The molecule has 182 valence electrons. The van der Waals surface area contributed by atoms with Crippen molar-refractivity contribution in [2.24, 2.45) is 5.73 Å². The summed E-state index contributed by atoms with van der Waals surface area (Å²) in [6, 6.07) is 14.3. The van der Waals surface area contributed by atoms with Crippen LogP contribution in [-0.2, 0) is 6.42 Å². The quantitative estimate of drug-likeness (QED) is 0.392. The van der Waals surface area contributed by atoms with Gasteiger partial charge >= 0.3 is 0 Å². The van der Waals surface area contributed by atoms with E-state index >= 15 is 0 Å². The van der Waals surface area contributed by atoms with Crippen molar-refractivity contribution in [2.75, 3.05) is 31.1 Å². The summed E-state index contributed by atoms with van der Waals surface area (Å²) in [6.45, 7) is 7.67. The Morgan fingerprint density at radius 3 is 2.49 bits per heavy atom. The molecular weight excluding hydrogens is 477 g/mol. The number of hydrogen-bond donors (Lipinski definition) is 2. The second-order valence-corrected chi connectivity index (χ2v) is 10.3. The Bertz CT molecular complexity index is 1300. The molecule has 1 amide bonds. The van der Waals surface area contributed by atoms with Gasteiger partial charge in [-0.1, -0.05) is 79.9 Å². The molecule has 1 atom stereocenters. The van der Waals surface area contributed by atoms with Gasteiger partial charge in [0.15, 0.2) is 0 Å². The van der Waals surface area contributed by atoms with Gasteiger partial charge in [0.2, 0.25) is 0 Å². The maximum Gasteiger partial charge on any atom is 0.251 e. The van der Waals surface area contributed by atoms with Gasteiger partial charge in [-0.25, -0.2) is 0 Å². The van der Waals surface area contributed by atoms with Crippen LogP contribution in [0.25, 0.3) is 22.3 Å². The van der Waals surface area contributed by atoms with Gasteiger partial charge in [0.1, 0.15) is 0 Å². The molecule has 1 heterocycles. The number of rotatable bonds is 6. The van der Waals surface area contributed by atoms with Crippen LogP contribution in [0.15, 0.2) is 42.5 Å². The summed E-state index contributed by atoms with van der Waals surface area (Å²) in [4.78, 5) is 15.6.